The zero-order valence-corrected chi connectivity index (χ0v) is 10.6. The van der Waals surface area contributed by atoms with E-state index >= 15 is 0 Å². The molecule has 0 amide bonds. The maximum absolute atomic E-state index is 11.6. The van der Waals surface area contributed by atoms with Crippen LogP contribution in [0.3, 0.4) is 0 Å². The summed E-state index contributed by atoms with van der Waals surface area (Å²) >= 11 is 0. The van der Waals surface area contributed by atoms with Gasteiger partial charge in [0.2, 0.25) is 6.29 Å². The lowest BCUT2D eigenvalue weighted by molar-refractivity contribution is -0.172. The van der Waals surface area contributed by atoms with Crippen LogP contribution in [0.4, 0.5) is 0 Å². The van der Waals surface area contributed by atoms with Crippen LogP contribution < -0.4 is 0 Å². The third-order valence-corrected chi connectivity index (χ3v) is 3.56. The molecule has 0 aromatic carbocycles. The van der Waals surface area contributed by atoms with Crippen molar-refractivity contribution in [2.45, 2.75) is 51.2 Å². The van der Waals surface area contributed by atoms with Gasteiger partial charge >= 0.3 is 5.97 Å². The Morgan fingerprint density at radius 3 is 2.78 bits per heavy atom. The molecule has 0 saturated heterocycles. The minimum Gasteiger partial charge on any atom is -0.432 e. The van der Waals surface area contributed by atoms with E-state index in [1.807, 2.05) is 0 Å². The number of hydrogen-bond acceptors (Lipinski definition) is 4. The summed E-state index contributed by atoms with van der Waals surface area (Å²) in [5.41, 5.74) is 0. The van der Waals surface area contributed by atoms with Crippen LogP contribution >= 0.6 is 0 Å². The van der Waals surface area contributed by atoms with Gasteiger partial charge in [0.05, 0.1) is 0 Å². The number of hydrogen-bond donors (Lipinski definition) is 0. The number of ether oxygens (including phenoxy) is 2. The Bertz CT molecular complexity index is 329. The minimum absolute atomic E-state index is 0.00291. The third kappa shape index (κ3) is 4.26. The second-order valence-corrected chi connectivity index (χ2v) is 5.04. The van der Waals surface area contributed by atoms with Gasteiger partial charge in [-0.15, -0.1) is 0 Å². The highest BCUT2D eigenvalue weighted by molar-refractivity contribution is 5.91. The SMILES string of the molecule is O=C1C=C[C@H](OC(=O)CCC2CCCCC2)OC1. The Morgan fingerprint density at radius 2 is 2.11 bits per heavy atom. The Balaban J connectivity index is 1.65. The van der Waals surface area contributed by atoms with Gasteiger partial charge < -0.3 is 9.47 Å². The average molecular weight is 252 g/mol. The van der Waals surface area contributed by atoms with E-state index < -0.39 is 6.29 Å². The fourth-order valence-electron chi connectivity index (χ4n) is 2.51. The van der Waals surface area contributed by atoms with Gasteiger partial charge in [-0.05, 0) is 24.5 Å². The highest BCUT2D eigenvalue weighted by Crippen LogP contribution is 2.27. The van der Waals surface area contributed by atoms with E-state index in [9.17, 15) is 9.59 Å². The first kappa shape index (κ1) is 13.3. The maximum atomic E-state index is 11.6. The molecule has 1 aliphatic heterocycles. The van der Waals surface area contributed by atoms with Gasteiger partial charge in [0.25, 0.3) is 0 Å². The van der Waals surface area contributed by atoms with E-state index in [2.05, 4.69) is 0 Å². The molecule has 1 atom stereocenters. The van der Waals surface area contributed by atoms with E-state index in [0.717, 1.165) is 6.42 Å². The average Bonchev–Trinajstić information content (AvgIpc) is 2.40. The number of rotatable bonds is 4. The molecular formula is C14H20O4. The zero-order chi connectivity index (χ0) is 12.8. The van der Waals surface area contributed by atoms with Gasteiger partial charge in [-0.3, -0.25) is 9.59 Å². The minimum atomic E-state index is -0.679. The largest absolute Gasteiger partial charge is 0.432 e. The van der Waals surface area contributed by atoms with Crippen molar-refractivity contribution < 1.29 is 19.1 Å². The fraction of sp³-hybridized carbons (Fsp3) is 0.714. The molecule has 1 saturated carbocycles. The molecule has 0 aromatic heterocycles. The summed E-state index contributed by atoms with van der Waals surface area (Å²) < 4.78 is 10.2. The van der Waals surface area contributed by atoms with Crippen LogP contribution in [0.25, 0.3) is 0 Å². The van der Waals surface area contributed by atoms with Gasteiger partial charge in [-0.2, -0.15) is 0 Å². The summed E-state index contributed by atoms with van der Waals surface area (Å²) in [5.74, 6) is 0.352. The Hall–Kier alpha value is -1.16. The molecule has 2 aliphatic rings. The molecule has 0 N–H and O–H groups in total. The van der Waals surface area contributed by atoms with Crippen LogP contribution in [0.2, 0.25) is 0 Å². The molecule has 18 heavy (non-hydrogen) atoms. The predicted molar refractivity (Wildman–Crippen MR) is 65.8 cm³/mol. The fourth-order valence-corrected chi connectivity index (χ4v) is 2.51. The van der Waals surface area contributed by atoms with Gasteiger partial charge in [0.15, 0.2) is 5.78 Å². The smallest absolute Gasteiger partial charge is 0.308 e. The predicted octanol–water partition coefficient (Wildman–Crippen LogP) is 2.37. The van der Waals surface area contributed by atoms with Crippen molar-refractivity contribution in [3.63, 3.8) is 0 Å². The van der Waals surface area contributed by atoms with Gasteiger partial charge in [0.1, 0.15) is 6.61 Å². The van der Waals surface area contributed by atoms with E-state index in [-0.39, 0.29) is 18.4 Å². The standard InChI is InChI=1S/C14H20O4/c15-12-7-9-14(17-10-12)18-13(16)8-6-11-4-2-1-3-5-11/h7,9,11,14H,1-6,8,10H2/t14-/m0/s1. The van der Waals surface area contributed by atoms with Crippen molar-refractivity contribution >= 4 is 11.8 Å². The second-order valence-electron chi connectivity index (χ2n) is 5.04. The topological polar surface area (TPSA) is 52.6 Å². The summed E-state index contributed by atoms with van der Waals surface area (Å²) in [7, 11) is 0. The molecule has 0 spiro atoms. The Kier molecular flexibility index (Phi) is 4.93. The van der Waals surface area contributed by atoms with Gasteiger partial charge in [0, 0.05) is 6.42 Å². The molecule has 4 heteroatoms. The lowest BCUT2D eigenvalue weighted by Crippen LogP contribution is -2.26. The maximum Gasteiger partial charge on any atom is 0.308 e. The molecule has 1 aliphatic carbocycles. The molecule has 4 nitrogen and oxygen atoms in total. The van der Waals surface area contributed by atoms with Crippen LogP contribution in [0.1, 0.15) is 44.9 Å². The zero-order valence-electron chi connectivity index (χ0n) is 10.6. The molecule has 1 fully saturated rings. The Morgan fingerprint density at radius 1 is 1.33 bits per heavy atom. The molecule has 1 heterocycles. The van der Waals surface area contributed by atoms with E-state index in [0.29, 0.717) is 12.3 Å². The van der Waals surface area contributed by atoms with E-state index in [4.69, 9.17) is 9.47 Å². The Labute approximate surface area is 107 Å². The van der Waals surface area contributed by atoms with E-state index in [1.54, 1.807) is 0 Å². The highest BCUT2D eigenvalue weighted by Gasteiger charge is 2.19. The summed E-state index contributed by atoms with van der Waals surface area (Å²) in [4.78, 5) is 22.5. The van der Waals surface area contributed by atoms with Crippen molar-refractivity contribution in [2.75, 3.05) is 6.61 Å². The van der Waals surface area contributed by atoms with Gasteiger partial charge in [-0.1, -0.05) is 32.1 Å². The first-order chi connectivity index (χ1) is 8.74. The number of carbonyl (C=O) groups is 2. The van der Waals surface area contributed by atoms with Gasteiger partial charge in [-0.25, -0.2) is 0 Å². The van der Waals surface area contributed by atoms with E-state index in [1.165, 1.54) is 44.3 Å². The number of ketones is 1. The number of esters is 1. The highest BCUT2D eigenvalue weighted by atomic mass is 16.7. The summed E-state index contributed by atoms with van der Waals surface area (Å²) in [6.45, 7) is -0.00291. The molecule has 0 bridgehead atoms. The molecule has 0 radical (unpaired) electrons. The second kappa shape index (κ2) is 6.69. The van der Waals surface area contributed by atoms with Crippen LogP contribution in [0, 0.1) is 5.92 Å². The van der Waals surface area contributed by atoms with Crippen molar-refractivity contribution in [1.29, 1.82) is 0 Å². The molecule has 0 aromatic rings. The summed E-state index contributed by atoms with van der Waals surface area (Å²) in [6, 6.07) is 0. The molecule has 100 valence electrons. The lowest BCUT2D eigenvalue weighted by Gasteiger charge is -2.21. The van der Waals surface area contributed by atoms with Crippen molar-refractivity contribution in [3.05, 3.63) is 12.2 Å². The van der Waals surface area contributed by atoms with Crippen LogP contribution in [-0.4, -0.2) is 24.6 Å². The van der Waals surface area contributed by atoms with Crippen molar-refractivity contribution in [3.8, 4) is 0 Å². The van der Waals surface area contributed by atoms with Crippen LogP contribution in [-0.2, 0) is 19.1 Å². The first-order valence-electron chi connectivity index (χ1n) is 6.76. The molecule has 0 unspecified atom stereocenters. The first-order valence-corrected chi connectivity index (χ1v) is 6.76. The van der Waals surface area contributed by atoms with Crippen LogP contribution in [0.15, 0.2) is 12.2 Å². The summed E-state index contributed by atoms with van der Waals surface area (Å²) in [5, 5.41) is 0. The lowest BCUT2D eigenvalue weighted by atomic mass is 9.86. The normalized spacial score (nSPS) is 25.1. The quantitative estimate of drug-likeness (QED) is 0.721. The third-order valence-electron chi connectivity index (χ3n) is 3.56. The number of carbonyl (C=O) groups excluding carboxylic acids is 2. The summed E-state index contributed by atoms with van der Waals surface area (Å²) in [6.07, 6.45) is 9.96. The van der Waals surface area contributed by atoms with Crippen molar-refractivity contribution in [2.24, 2.45) is 5.92 Å². The molecule has 2 rings (SSSR count). The van der Waals surface area contributed by atoms with Crippen molar-refractivity contribution in [1.82, 2.24) is 0 Å². The van der Waals surface area contributed by atoms with Crippen LogP contribution in [0.5, 0.6) is 0 Å². The molecular weight excluding hydrogens is 232 g/mol. The monoisotopic (exact) mass is 252 g/mol.